The molecule has 3 rings (SSSR count). The third-order valence-electron chi connectivity index (χ3n) is 3.69. The summed E-state index contributed by atoms with van der Waals surface area (Å²) in [6.45, 7) is 6.00. The van der Waals surface area contributed by atoms with Crippen molar-refractivity contribution in [3.8, 4) is 0 Å². The number of hydrogen-bond acceptors (Lipinski definition) is 5. The van der Waals surface area contributed by atoms with Crippen LogP contribution >= 0.6 is 0 Å². The zero-order chi connectivity index (χ0) is 13.9. The zero-order valence-electron chi connectivity index (χ0n) is 11.9. The van der Waals surface area contributed by atoms with Gasteiger partial charge in [-0.05, 0) is 25.7 Å². The van der Waals surface area contributed by atoms with Crippen molar-refractivity contribution in [1.29, 1.82) is 0 Å². The number of carbonyl (C=O) groups is 1. The van der Waals surface area contributed by atoms with Crippen molar-refractivity contribution in [3.05, 3.63) is 11.8 Å². The van der Waals surface area contributed by atoms with E-state index in [2.05, 4.69) is 10.00 Å². The lowest BCUT2D eigenvalue weighted by molar-refractivity contribution is 0.0526. The molecule has 20 heavy (non-hydrogen) atoms. The van der Waals surface area contributed by atoms with Crippen molar-refractivity contribution in [2.45, 2.75) is 26.3 Å². The van der Waals surface area contributed by atoms with E-state index in [9.17, 15) is 4.79 Å². The van der Waals surface area contributed by atoms with Crippen LogP contribution in [-0.2, 0) is 16.0 Å². The number of carbonyl (C=O) groups excluding carboxylic acids is 1. The van der Waals surface area contributed by atoms with Crippen molar-refractivity contribution in [1.82, 2.24) is 9.78 Å². The molecule has 1 aromatic rings. The minimum Gasteiger partial charge on any atom is -0.462 e. The molecule has 0 N–H and O–H groups in total. The van der Waals surface area contributed by atoms with Crippen LogP contribution in [0.4, 0.5) is 5.82 Å². The van der Waals surface area contributed by atoms with Gasteiger partial charge in [-0.3, -0.25) is 4.68 Å². The summed E-state index contributed by atoms with van der Waals surface area (Å²) in [5.41, 5.74) is 0.578. The number of ether oxygens (including phenoxy) is 2. The van der Waals surface area contributed by atoms with Gasteiger partial charge in [0.1, 0.15) is 5.56 Å². The van der Waals surface area contributed by atoms with Crippen LogP contribution < -0.4 is 4.90 Å². The van der Waals surface area contributed by atoms with Crippen LogP contribution in [0, 0.1) is 5.92 Å². The maximum absolute atomic E-state index is 12.1. The minimum absolute atomic E-state index is 0.281. The molecule has 6 nitrogen and oxygen atoms in total. The summed E-state index contributed by atoms with van der Waals surface area (Å²) >= 11 is 0. The lowest BCUT2D eigenvalue weighted by atomic mass is 10.3. The molecule has 2 fully saturated rings. The van der Waals surface area contributed by atoms with E-state index in [0.717, 1.165) is 31.4 Å². The van der Waals surface area contributed by atoms with Crippen LogP contribution in [0.25, 0.3) is 0 Å². The molecular weight excluding hydrogens is 258 g/mol. The van der Waals surface area contributed by atoms with Crippen molar-refractivity contribution in [2.24, 2.45) is 5.92 Å². The zero-order valence-corrected chi connectivity index (χ0v) is 11.9. The van der Waals surface area contributed by atoms with Gasteiger partial charge >= 0.3 is 5.97 Å². The number of rotatable bonds is 5. The molecule has 0 amide bonds. The first-order valence-electron chi connectivity index (χ1n) is 7.35. The molecule has 1 aromatic heterocycles. The molecule has 1 aliphatic heterocycles. The average molecular weight is 279 g/mol. The number of nitrogens with zero attached hydrogens (tertiary/aromatic N) is 3. The summed E-state index contributed by atoms with van der Waals surface area (Å²) in [6.07, 6.45) is 4.37. The van der Waals surface area contributed by atoms with Gasteiger partial charge in [-0.25, -0.2) is 4.79 Å². The number of hydrogen-bond donors (Lipinski definition) is 0. The van der Waals surface area contributed by atoms with Gasteiger partial charge in [-0.15, -0.1) is 0 Å². The summed E-state index contributed by atoms with van der Waals surface area (Å²) in [5.74, 6) is 1.19. The minimum atomic E-state index is -0.281. The van der Waals surface area contributed by atoms with E-state index in [0.29, 0.717) is 25.4 Å². The highest BCUT2D eigenvalue weighted by molar-refractivity contribution is 5.94. The molecule has 6 heteroatoms. The number of aromatic nitrogens is 2. The molecule has 1 aliphatic carbocycles. The maximum Gasteiger partial charge on any atom is 0.343 e. The highest BCUT2D eigenvalue weighted by Gasteiger charge is 2.27. The molecular formula is C14H21N3O3. The second-order valence-electron chi connectivity index (χ2n) is 5.35. The van der Waals surface area contributed by atoms with Crippen LogP contribution in [0.1, 0.15) is 30.1 Å². The molecule has 0 unspecified atom stereocenters. The summed E-state index contributed by atoms with van der Waals surface area (Å²) in [7, 11) is 0. The number of anilines is 1. The molecule has 0 bridgehead atoms. The fraction of sp³-hybridized carbons (Fsp3) is 0.714. The van der Waals surface area contributed by atoms with E-state index in [1.807, 2.05) is 17.8 Å². The fourth-order valence-corrected chi connectivity index (χ4v) is 2.43. The Kier molecular flexibility index (Phi) is 3.91. The second kappa shape index (κ2) is 5.83. The average Bonchev–Trinajstić information content (AvgIpc) is 3.17. The van der Waals surface area contributed by atoms with E-state index in [-0.39, 0.29) is 5.97 Å². The third-order valence-corrected chi connectivity index (χ3v) is 3.69. The van der Waals surface area contributed by atoms with E-state index in [4.69, 9.17) is 9.47 Å². The lowest BCUT2D eigenvalue weighted by Crippen LogP contribution is -2.37. The van der Waals surface area contributed by atoms with Gasteiger partial charge < -0.3 is 14.4 Å². The molecule has 1 saturated heterocycles. The van der Waals surface area contributed by atoms with Crippen molar-refractivity contribution in [3.63, 3.8) is 0 Å². The highest BCUT2D eigenvalue weighted by atomic mass is 16.5. The van der Waals surface area contributed by atoms with Crippen molar-refractivity contribution >= 4 is 11.8 Å². The van der Waals surface area contributed by atoms with Gasteiger partial charge in [0, 0.05) is 25.8 Å². The van der Waals surface area contributed by atoms with Crippen molar-refractivity contribution < 1.29 is 14.3 Å². The van der Waals surface area contributed by atoms with Gasteiger partial charge in [0.05, 0.1) is 19.8 Å². The number of morpholine rings is 1. The van der Waals surface area contributed by atoms with Crippen LogP contribution in [-0.4, -0.2) is 48.7 Å². The largest absolute Gasteiger partial charge is 0.462 e. The Morgan fingerprint density at radius 2 is 2.20 bits per heavy atom. The molecule has 1 saturated carbocycles. The first-order valence-corrected chi connectivity index (χ1v) is 7.35. The summed E-state index contributed by atoms with van der Waals surface area (Å²) in [6, 6.07) is 0. The van der Waals surface area contributed by atoms with Crippen LogP contribution in [0.2, 0.25) is 0 Å². The number of esters is 1. The van der Waals surface area contributed by atoms with Crippen LogP contribution in [0.15, 0.2) is 6.20 Å². The molecule has 2 heterocycles. The molecule has 0 radical (unpaired) electrons. The Balaban J connectivity index is 1.83. The quantitative estimate of drug-likeness (QED) is 0.761. The van der Waals surface area contributed by atoms with E-state index in [1.54, 1.807) is 0 Å². The summed E-state index contributed by atoms with van der Waals surface area (Å²) in [5, 5.41) is 4.60. The Bertz CT molecular complexity index is 476. The smallest absolute Gasteiger partial charge is 0.343 e. The monoisotopic (exact) mass is 279 g/mol. The van der Waals surface area contributed by atoms with Gasteiger partial charge in [-0.2, -0.15) is 5.10 Å². The first kappa shape index (κ1) is 13.4. The predicted octanol–water partition coefficient (Wildman–Crippen LogP) is 1.31. The predicted molar refractivity (Wildman–Crippen MR) is 73.9 cm³/mol. The lowest BCUT2D eigenvalue weighted by Gasteiger charge is -2.27. The molecule has 2 aliphatic rings. The standard InChI is InChI=1S/C14H21N3O3/c1-2-20-14(18)12-10-17(9-11-3-4-11)15-13(12)16-5-7-19-8-6-16/h10-11H,2-9H2,1H3. The Hall–Kier alpha value is -1.56. The van der Waals surface area contributed by atoms with Gasteiger partial charge in [-0.1, -0.05) is 0 Å². The second-order valence-corrected chi connectivity index (χ2v) is 5.35. The highest BCUT2D eigenvalue weighted by Crippen LogP contribution is 2.31. The van der Waals surface area contributed by atoms with Crippen LogP contribution in [0.5, 0.6) is 0 Å². The normalized spacial score (nSPS) is 19.1. The van der Waals surface area contributed by atoms with E-state index < -0.39 is 0 Å². The Morgan fingerprint density at radius 1 is 1.45 bits per heavy atom. The van der Waals surface area contributed by atoms with Gasteiger partial charge in [0.25, 0.3) is 0 Å². The van der Waals surface area contributed by atoms with Gasteiger partial charge in [0.2, 0.25) is 0 Å². The van der Waals surface area contributed by atoms with Crippen molar-refractivity contribution in [2.75, 3.05) is 37.8 Å². The third kappa shape index (κ3) is 2.95. The Morgan fingerprint density at radius 3 is 2.85 bits per heavy atom. The molecule has 110 valence electrons. The Labute approximate surface area is 118 Å². The fourth-order valence-electron chi connectivity index (χ4n) is 2.43. The topological polar surface area (TPSA) is 56.6 Å². The molecule has 0 spiro atoms. The van der Waals surface area contributed by atoms with E-state index >= 15 is 0 Å². The summed E-state index contributed by atoms with van der Waals surface area (Å²) in [4.78, 5) is 14.2. The summed E-state index contributed by atoms with van der Waals surface area (Å²) < 4.78 is 12.4. The van der Waals surface area contributed by atoms with Gasteiger partial charge in [0.15, 0.2) is 5.82 Å². The molecule has 0 aromatic carbocycles. The molecule has 0 atom stereocenters. The first-order chi connectivity index (χ1) is 9.78. The maximum atomic E-state index is 12.1. The van der Waals surface area contributed by atoms with E-state index in [1.165, 1.54) is 12.8 Å². The van der Waals surface area contributed by atoms with Crippen LogP contribution in [0.3, 0.4) is 0 Å². The SMILES string of the molecule is CCOC(=O)c1cn(CC2CC2)nc1N1CCOCC1.